The lowest BCUT2D eigenvalue weighted by atomic mass is 10.5. The van der Waals surface area contributed by atoms with Crippen molar-refractivity contribution >= 4 is 48.8 Å². The van der Waals surface area contributed by atoms with Crippen molar-refractivity contribution in [1.29, 1.82) is 0 Å². The molecule has 0 unspecified atom stereocenters. The number of esters is 1. The maximum Gasteiger partial charge on any atom is 0.360 e. The Hall–Kier alpha value is -1.72. The second-order valence-corrected chi connectivity index (χ2v) is 7.20. The molecule has 0 aromatic carbocycles. The molecule has 8 nitrogen and oxygen atoms in total. The fourth-order valence-electron chi connectivity index (χ4n) is 1.23. The van der Waals surface area contributed by atoms with Gasteiger partial charge in [-0.25, -0.2) is 23.2 Å². The summed E-state index contributed by atoms with van der Waals surface area (Å²) in [7, 11) is -3.84. The van der Waals surface area contributed by atoms with E-state index in [-0.39, 0.29) is 26.6 Å². The molecule has 0 bridgehead atoms. The lowest BCUT2D eigenvalue weighted by molar-refractivity contribution is 0.0521. The third kappa shape index (κ3) is 3.05. The summed E-state index contributed by atoms with van der Waals surface area (Å²) in [6.45, 7) is 1.82. The molecule has 108 valence electrons. The van der Waals surface area contributed by atoms with Gasteiger partial charge in [0.1, 0.15) is 5.00 Å². The number of thiazole rings is 2. The van der Waals surface area contributed by atoms with Crippen LogP contribution in [0.2, 0.25) is 0 Å². The number of nitrogens with zero attached hydrogens (tertiary/aromatic N) is 2. The number of aromatic nitrogens is 2. The average Bonchev–Trinajstić information content (AvgIpc) is 2.98. The van der Waals surface area contributed by atoms with E-state index in [1.165, 1.54) is 5.51 Å². The second kappa shape index (κ2) is 5.73. The van der Waals surface area contributed by atoms with Crippen molar-refractivity contribution in [3.8, 4) is 0 Å². The zero-order valence-electron chi connectivity index (χ0n) is 10.2. The van der Waals surface area contributed by atoms with Crippen LogP contribution < -0.4 is 10.5 Å². The van der Waals surface area contributed by atoms with Crippen LogP contribution in [0.15, 0.2) is 15.9 Å². The zero-order chi connectivity index (χ0) is 14.8. The minimum absolute atomic E-state index is 0.0433. The molecule has 0 spiro atoms. The van der Waals surface area contributed by atoms with Gasteiger partial charge in [-0.2, -0.15) is 0 Å². The van der Waals surface area contributed by atoms with Gasteiger partial charge in [-0.1, -0.05) is 11.3 Å². The molecule has 11 heteroatoms. The van der Waals surface area contributed by atoms with Gasteiger partial charge < -0.3 is 10.5 Å². The van der Waals surface area contributed by atoms with Crippen molar-refractivity contribution in [2.45, 2.75) is 11.1 Å². The summed E-state index contributed by atoms with van der Waals surface area (Å²) < 4.78 is 31.2. The highest BCUT2D eigenvalue weighted by Crippen LogP contribution is 2.27. The number of hydrogen-bond donors (Lipinski definition) is 2. The predicted molar refractivity (Wildman–Crippen MR) is 75.4 cm³/mol. The van der Waals surface area contributed by atoms with E-state index < -0.39 is 16.0 Å². The Balaban J connectivity index is 2.27. The third-order valence-electron chi connectivity index (χ3n) is 2.03. The number of nitrogens with two attached hydrogens (primary N) is 1. The smallest absolute Gasteiger partial charge is 0.360 e. The second-order valence-electron chi connectivity index (χ2n) is 3.37. The summed E-state index contributed by atoms with van der Waals surface area (Å²) >= 11 is 1.81. The van der Waals surface area contributed by atoms with Gasteiger partial charge in [0, 0.05) is 0 Å². The molecular formula is C9H10N4O4S3. The van der Waals surface area contributed by atoms with Gasteiger partial charge in [-0.15, -0.1) is 11.3 Å². The molecule has 0 fully saturated rings. The summed E-state index contributed by atoms with van der Waals surface area (Å²) in [5.41, 5.74) is 6.68. The van der Waals surface area contributed by atoms with Crippen LogP contribution in [-0.2, 0) is 14.8 Å². The van der Waals surface area contributed by atoms with Crippen LogP contribution in [0.25, 0.3) is 0 Å². The van der Waals surface area contributed by atoms with E-state index in [0.717, 1.165) is 28.9 Å². The number of ether oxygens (including phenoxy) is 1. The Labute approximate surface area is 122 Å². The molecule has 2 aromatic heterocycles. The number of nitrogens with one attached hydrogen (secondary N) is 1. The molecule has 2 heterocycles. The highest BCUT2D eigenvalue weighted by atomic mass is 32.2. The van der Waals surface area contributed by atoms with E-state index in [4.69, 9.17) is 10.5 Å². The molecule has 0 radical (unpaired) electrons. The zero-order valence-corrected chi connectivity index (χ0v) is 12.6. The van der Waals surface area contributed by atoms with Crippen molar-refractivity contribution in [2.75, 3.05) is 17.1 Å². The van der Waals surface area contributed by atoms with Crippen LogP contribution in [0.4, 0.5) is 10.1 Å². The molecule has 0 aliphatic rings. The fraction of sp³-hybridized carbons (Fsp3) is 0.222. The Morgan fingerprint density at radius 2 is 2.25 bits per heavy atom. The molecule has 0 aliphatic carbocycles. The van der Waals surface area contributed by atoms with E-state index in [9.17, 15) is 13.2 Å². The maximum atomic E-state index is 12.1. The molecule has 0 aliphatic heterocycles. The topological polar surface area (TPSA) is 124 Å². The Kier molecular flexibility index (Phi) is 4.20. The SMILES string of the molecule is CCOC(=O)c1ncsc1NS(=O)(=O)c1cnc(N)s1. The largest absolute Gasteiger partial charge is 0.461 e. The Morgan fingerprint density at radius 3 is 2.85 bits per heavy atom. The van der Waals surface area contributed by atoms with Crippen LogP contribution in [0.1, 0.15) is 17.4 Å². The van der Waals surface area contributed by atoms with Gasteiger partial charge in [0.05, 0.1) is 18.3 Å². The minimum atomic E-state index is -3.84. The van der Waals surface area contributed by atoms with Gasteiger partial charge in [0.15, 0.2) is 15.0 Å². The van der Waals surface area contributed by atoms with E-state index in [1.807, 2.05) is 0 Å². The van der Waals surface area contributed by atoms with Crippen molar-refractivity contribution < 1.29 is 17.9 Å². The van der Waals surface area contributed by atoms with Crippen LogP contribution in [0.5, 0.6) is 0 Å². The Morgan fingerprint density at radius 1 is 1.50 bits per heavy atom. The van der Waals surface area contributed by atoms with Crippen molar-refractivity contribution in [3.05, 3.63) is 17.4 Å². The third-order valence-corrected chi connectivity index (χ3v) is 5.54. The first-order valence-electron chi connectivity index (χ1n) is 5.28. The number of rotatable bonds is 5. The number of hydrogen-bond acceptors (Lipinski definition) is 9. The number of carbonyl (C=O) groups excluding carboxylic acids is 1. The molecule has 0 amide bonds. The maximum absolute atomic E-state index is 12.1. The molecule has 0 saturated carbocycles. The first kappa shape index (κ1) is 14.7. The molecule has 0 saturated heterocycles. The first-order chi connectivity index (χ1) is 9.44. The molecule has 20 heavy (non-hydrogen) atoms. The number of sulfonamides is 1. The van der Waals surface area contributed by atoms with Crippen LogP contribution in [0, 0.1) is 0 Å². The van der Waals surface area contributed by atoms with Gasteiger partial charge in [0.25, 0.3) is 10.0 Å². The van der Waals surface area contributed by atoms with E-state index >= 15 is 0 Å². The monoisotopic (exact) mass is 334 g/mol. The van der Waals surface area contributed by atoms with Gasteiger partial charge in [0.2, 0.25) is 0 Å². The van der Waals surface area contributed by atoms with E-state index in [2.05, 4.69) is 14.7 Å². The van der Waals surface area contributed by atoms with E-state index in [1.54, 1.807) is 6.92 Å². The highest BCUT2D eigenvalue weighted by molar-refractivity contribution is 7.95. The first-order valence-corrected chi connectivity index (χ1v) is 8.46. The summed E-state index contributed by atoms with van der Waals surface area (Å²) in [4.78, 5) is 19.1. The average molecular weight is 334 g/mol. The number of anilines is 2. The highest BCUT2D eigenvalue weighted by Gasteiger charge is 2.23. The van der Waals surface area contributed by atoms with Crippen LogP contribution in [0.3, 0.4) is 0 Å². The van der Waals surface area contributed by atoms with Crippen molar-refractivity contribution in [3.63, 3.8) is 0 Å². The molecular weight excluding hydrogens is 324 g/mol. The molecule has 3 N–H and O–H groups in total. The fourth-order valence-corrected chi connectivity index (χ4v) is 4.13. The normalized spacial score (nSPS) is 11.2. The van der Waals surface area contributed by atoms with Crippen molar-refractivity contribution in [1.82, 2.24) is 9.97 Å². The quantitative estimate of drug-likeness (QED) is 0.786. The molecule has 0 atom stereocenters. The van der Waals surface area contributed by atoms with Gasteiger partial charge in [-0.05, 0) is 6.92 Å². The lowest BCUT2D eigenvalue weighted by Gasteiger charge is -2.05. The predicted octanol–water partition coefficient (Wildman–Crippen LogP) is 1.16. The summed E-state index contributed by atoms with van der Waals surface area (Å²) in [5, 5.41) is 0.232. The molecule has 2 aromatic rings. The lowest BCUT2D eigenvalue weighted by Crippen LogP contribution is -2.14. The summed E-state index contributed by atoms with van der Waals surface area (Å²) in [6.07, 6.45) is 1.15. The summed E-state index contributed by atoms with van der Waals surface area (Å²) in [5.74, 6) is -0.685. The standard InChI is InChI=1S/C9H10N4O4S3/c1-2-17-8(14)6-7(18-4-12-6)13-20(15,16)5-3-11-9(10)19-5/h3-4,13H,2H2,1H3,(H2,10,11). The van der Waals surface area contributed by atoms with Crippen LogP contribution in [-0.4, -0.2) is 31.0 Å². The van der Waals surface area contributed by atoms with Gasteiger partial charge >= 0.3 is 5.97 Å². The Bertz CT molecular complexity index is 721. The number of carbonyl (C=O) groups is 1. The van der Waals surface area contributed by atoms with Crippen molar-refractivity contribution in [2.24, 2.45) is 0 Å². The number of nitrogen functional groups attached to an aromatic ring is 1. The molecule has 2 rings (SSSR count). The summed E-state index contributed by atoms with van der Waals surface area (Å²) in [6, 6.07) is 0. The van der Waals surface area contributed by atoms with Crippen LogP contribution >= 0.6 is 22.7 Å². The van der Waals surface area contributed by atoms with E-state index in [0.29, 0.717) is 0 Å². The van der Waals surface area contributed by atoms with Gasteiger partial charge in [-0.3, -0.25) is 4.72 Å². The minimum Gasteiger partial charge on any atom is -0.461 e.